The summed E-state index contributed by atoms with van der Waals surface area (Å²) in [6, 6.07) is 5.15. The first-order chi connectivity index (χ1) is 13.9. The lowest BCUT2D eigenvalue weighted by atomic mass is 10.2. The fraction of sp³-hybridized carbons (Fsp3) is 0.278. The van der Waals surface area contributed by atoms with Crippen molar-refractivity contribution in [2.45, 2.75) is 38.3 Å². The second-order valence-corrected chi connectivity index (χ2v) is 8.14. The molecule has 0 atom stereocenters. The summed E-state index contributed by atoms with van der Waals surface area (Å²) in [6.07, 6.45) is -4.41. The minimum Gasteiger partial charge on any atom is -0.291 e. The molecule has 0 aliphatic carbocycles. The van der Waals surface area contributed by atoms with E-state index in [2.05, 4.69) is 19.8 Å². The molecule has 2 heterocycles. The van der Waals surface area contributed by atoms with E-state index in [0.717, 1.165) is 16.8 Å². The molecular weight excluding hydrogens is 423 g/mol. The first kappa shape index (κ1) is 21.6. The average molecular weight is 441 g/mol. The van der Waals surface area contributed by atoms with Crippen LogP contribution in [0.3, 0.4) is 0 Å². The van der Waals surface area contributed by atoms with Crippen LogP contribution in [0.5, 0.6) is 0 Å². The highest BCUT2D eigenvalue weighted by Crippen LogP contribution is 2.34. The molecule has 3 rings (SSSR count). The third-order valence-corrected chi connectivity index (χ3v) is 5.73. The number of sulfonamides is 1. The number of benzene rings is 1. The molecule has 0 saturated carbocycles. The number of rotatable bonds is 5. The standard InChI is InChI=1S/C18H18F3N5O3S/c1-4-12-11(3)22-17(23-16(12)27)26-15(9-10(2)24-26)25-30(28,29)14-8-6-5-7-13(14)18(19,20)21/h5-9,25H,4H2,1-3H3,(H,22,23,27). The summed E-state index contributed by atoms with van der Waals surface area (Å²) < 4.78 is 68.4. The zero-order chi connectivity index (χ0) is 22.3. The predicted molar refractivity (Wildman–Crippen MR) is 103 cm³/mol. The van der Waals surface area contributed by atoms with E-state index in [9.17, 15) is 26.4 Å². The van der Waals surface area contributed by atoms with Gasteiger partial charge < -0.3 is 0 Å². The zero-order valence-electron chi connectivity index (χ0n) is 16.2. The van der Waals surface area contributed by atoms with Gasteiger partial charge in [-0.3, -0.25) is 14.5 Å². The van der Waals surface area contributed by atoms with Crippen molar-refractivity contribution in [1.82, 2.24) is 19.7 Å². The number of aryl methyl sites for hydroxylation is 2. The van der Waals surface area contributed by atoms with Crippen molar-refractivity contribution >= 4 is 15.8 Å². The summed E-state index contributed by atoms with van der Waals surface area (Å²) in [6.45, 7) is 4.97. The quantitative estimate of drug-likeness (QED) is 0.633. The lowest BCUT2D eigenvalue weighted by Gasteiger charge is -2.15. The van der Waals surface area contributed by atoms with Crippen LogP contribution in [0.1, 0.15) is 29.4 Å². The molecule has 30 heavy (non-hydrogen) atoms. The van der Waals surface area contributed by atoms with E-state index in [-0.39, 0.29) is 11.8 Å². The highest BCUT2D eigenvalue weighted by atomic mass is 32.2. The molecule has 8 nitrogen and oxygen atoms in total. The van der Waals surface area contributed by atoms with Crippen LogP contribution in [0, 0.1) is 13.8 Å². The van der Waals surface area contributed by atoms with Gasteiger partial charge in [-0.05, 0) is 32.4 Å². The van der Waals surface area contributed by atoms with E-state index in [0.29, 0.717) is 29.4 Å². The third-order valence-electron chi connectivity index (χ3n) is 4.32. The van der Waals surface area contributed by atoms with E-state index in [4.69, 9.17) is 0 Å². The van der Waals surface area contributed by atoms with Gasteiger partial charge in [-0.25, -0.2) is 13.4 Å². The number of nitrogens with one attached hydrogen (secondary N) is 2. The molecule has 0 saturated heterocycles. The molecule has 0 spiro atoms. The van der Waals surface area contributed by atoms with E-state index in [1.165, 1.54) is 12.1 Å². The molecule has 160 valence electrons. The number of hydrogen-bond donors (Lipinski definition) is 2. The van der Waals surface area contributed by atoms with Crippen LogP contribution in [-0.4, -0.2) is 28.2 Å². The second kappa shape index (κ2) is 7.59. The number of aromatic nitrogens is 4. The summed E-state index contributed by atoms with van der Waals surface area (Å²) >= 11 is 0. The van der Waals surface area contributed by atoms with Crippen LogP contribution in [0.15, 0.2) is 40.0 Å². The van der Waals surface area contributed by atoms with Crippen LogP contribution in [0.2, 0.25) is 0 Å². The van der Waals surface area contributed by atoms with Crippen molar-refractivity contribution in [3.63, 3.8) is 0 Å². The summed E-state index contributed by atoms with van der Waals surface area (Å²) in [7, 11) is -4.63. The van der Waals surface area contributed by atoms with Crippen molar-refractivity contribution in [2.24, 2.45) is 0 Å². The Morgan fingerprint density at radius 3 is 2.47 bits per heavy atom. The Morgan fingerprint density at radius 1 is 1.20 bits per heavy atom. The van der Waals surface area contributed by atoms with Crippen molar-refractivity contribution in [3.8, 4) is 5.95 Å². The van der Waals surface area contributed by atoms with Crippen LogP contribution < -0.4 is 10.3 Å². The molecule has 0 radical (unpaired) electrons. The lowest BCUT2D eigenvalue weighted by Crippen LogP contribution is -2.23. The highest BCUT2D eigenvalue weighted by molar-refractivity contribution is 7.92. The molecular formula is C18H18F3N5O3S. The molecule has 2 aromatic heterocycles. The van der Waals surface area contributed by atoms with Crippen LogP contribution in [-0.2, 0) is 22.6 Å². The Balaban J connectivity index is 2.10. The maximum atomic E-state index is 13.3. The Labute approximate surface area is 169 Å². The molecule has 3 aromatic rings. The summed E-state index contributed by atoms with van der Waals surface area (Å²) in [5.41, 5.74) is -0.458. The third kappa shape index (κ3) is 4.08. The number of hydrogen-bond acceptors (Lipinski definition) is 5. The van der Waals surface area contributed by atoms with E-state index < -0.39 is 32.2 Å². The van der Waals surface area contributed by atoms with E-state index in [1.54, 1.807) is 20.8 Å². The Morgan fingerprint density at radius 2 is 1.87 bits per heavy atom. The first-order valence-electron chi connectivity index (χ1n) is 8.80. The monoisotopic (exact) mass is 441 g/mol. The van der Waals surface area contributed by atoms with Gasteiger partial charge in [0.05, 0.1) is 16.2 Å². The van der Waals surface area contributed by atoms with Gasteiger partial charge in [-0.1, -0.05) is 19.1 Å². The lowest BCUT2D eigenvalue weighted by molar-refractivity contribution is -0.139. The van der Waals surface area contributed by atoms with Crippen LogP contribution >= 0.6 is 0 Å². The smallest absolute Gasteiger partial charge is 0.291 e. The molecule has 1 aromatic carbocycles. The van der Waals surface area contributed by atoms with Gasteiger partial charge in [0, 0.05) is 17.3 Å². The van der Waals surface area contributed by atoms with Crippen LogP contribution in [0.4, 0.5) is 19.0 Å². The number of anilines is 1. The van der Waals surface area contributed by atoms with Gasteiger partial charge in [0.15, 0.2) is 0 Å². The normalized spacial score (nSPS) is 12.2. The molecule has 2 N–H and O–H groups in total. The van der Waals surface area contributed by atoms with E-state index >= 15 is 0 Å². The molecule has 12 heteroatoms. The number of nitrogens with zero attached hydrogens (tertiary/aromatic N) is 3. The predicted octanol–water partition coefficient (Wildman–Crippen LogP) is 2.95. The maximum Gasteiger partial charge on any atom is 0.417 e. The molecule has 0 aliphatic rings. The minimum absolute atomic E-state index is 0.0652. The summed E-state index contributed by atoms with van der Waals surface area (Å²) in [5, 5.41) is 4.10. The van der Waals surface area contributed by atoms with Gasteiger partial charge in [-0.15, -0.1) is 0 Å². The number of H-pyrrole nitrogens is 1. The fourth-order valence-electron chi connectivity index (χ4n) is 2.97. The molecule has 0 fully saturated rings. The largest absolute Gasteiger partial charge is 0.417 e. The Kier molecular flexibility index (Phi) is 5.46. The van der Waals surface area contributed by atoms with Crippen LogP contribution in [0.25, 0.3) is 5.95 Å². The van der Waals surface area contributed by atoms with Gasteiger partial charge >= 0.3 is 6.18 Å². The van der Waals surface area contributed by atoms with Gasteiger partial charge in [0.1, 0.15) is 5.82 Å². The number of halogens is 3. The highest BCUT2D eigenvalue weighted by Gasteiger charge is 2.37. The minimum atomic E-state index is -4.86. The van der Waals surface area contributed by atoms with Gasteiger partial charge in [0.2, 0.25) is 5.95 Å². The summed E-state index contributed by atoms with van der Waals surface area (Å²) in [4.78, 5) is 18.1. The molecule has 0 aliphatic heterocycles. The first-order valence-corrected chi connectivity index (χ1v) is 10.3. The maximum absolute atomic E-state index is 13.3. The SMILES string of the molecule is CCc1c(C)nc(-n2nc(C)cc2NS(=O)(=O)c2ccccc2C(F)(F)F)[nH]c1=O. The van der Waals surface area contributed by atoms with Gasteiger partial charge in [0.25, 0.3) is 15.6 Å². The van der Waals surface area contributed by atoms with Gasteiger partial charge in [-0.2, -0.15) is 23.0 Å². The Bertz CT molecular complexity index is 1260. The molecule has 0 amide bonds. The number of alkyl halides is 3. The Hall–Kier alpha value is -3.15. The average Bonchev–Trinajstić information content (AvgIpc) is 3.00. The topological polar surface area (TPSA) is 110 Å². The molecule has 0 bridgehead atoms. The number of aromatic amines is 1. The van der Waals surface area contributed by atoms with Crippen molar-refractivity contribution in [3.05, 3.63) is 63.2 Å². The van der Waals surface area contributed by atoms with Crippen molar-refractivity contribution in [1.29, 1.82) is 0 Å². The fourth-order valence-corrected chi connectivity index (χ4v) is 4.24. The van der Waals surface area contributed by atoms with Crippen molar-refractivity contribution < 1.29 is 21.6 Å². The second-order valence-electron chi connectivity index (χ2n) is 6.49. The van der Waals surface area contributed by atoms with Crippen molar-refractivity contribution in [2.75, 3.05) is 4.72 Å². The zero-order valence-corrected chi connectivity index (χ0v) is 17.0. The summed E-state index contributed by atoms with van der Waals surface area (Å²) in [5.74, 6) is -0.235. The molecule has 0 unspecified atom stereocenters. The van der Waals surface area contributed by atoms with E-state index in [1.807, 2.05) is 0 Å².